The van der Waals surface area contributed by atoms with Crippen LogP contribution in [0.2, 0.25) is 0 Å². The number of halogens is 1. The van der Waals surface area contributed by atoms with Gasteiger partial charge in [-0.1, -0.05) is 52.0 Å². The highest BCUT2D eigenvalue weighted by molar-refractivity contribution is 7.13. The number of anilines is 1. The summed E-state index contributed by atoms with van der Waals surface area (Å²) in [7, 11) is 0. The quantitative estimate of drug-likeness (QED) is 0.0680. The number of pyridine rings is 1. The van der Waals surface area contributed by atoms with E-state index >= 15 is 0 Å². The molecule has 2 aromatic heterocycles. The Labute approximate surface area is 379 Å². The van der Waals surface area contributed by atoms with Gasteiger partial charge in [0, 0.05) is 49.2 Å². The third-order valence-corrected chi connectivity index (χ3v) is 13.7. The Morgan fingerprint density at radius 2 is 1.70 bits per heavy atom. The number of carbonyl (C=O) groups is 3. The van der Waals surface area contributed by atoms with Crippen molar-refractivity contribution in [3.05, 3.63) is 107 Å². The lowest BCUT2D eigenvalue weighted by Crippen LogP contribution is -2.57. The van der Waals surface area contributed by atoms with E-state index in [0.717, 1.165) is 63.8 Å². The van der Waals surface area contributed by atoms with Crippen LogP contribution in [0.1, 0.15) is 82.5 Å². The lowest BCUT2D eigenvalue weighted by molar-refractivity contribution is -0.142. The van der Waals surface area contributed by atoms with E-state index in [0.29, 0.717) is 50.3 Å². The minimum absolute atomic E-state index is 0.00877. The van der Waals surface area contributed by atoms with Gasteiger partial charge in [-0.2, -0.15) is 0 Å². The third kappa shape index (κ3) is 11.7. The molecule has 4 atom stereocenters. The van der Waals surface area contributed by atoms with Gasteiger partial charge in [-0.3, -0.25) is 19.4 Å². The topological polar surface area (TPSA) is 155 Å². The lowest BCUT2D eigenvalue weighted by Gasteiger charge is -2.35. The van der Waals surface area contributed by atoms with Crippen LogP contribution in [0.25, 0.3) is 21.3 Å². The molecule has 7 rings (SSSR count). The number of aliphatic hydroxyl groups is 1. The normalized spacial score (nSPS) is 19.9. The zero-order chi connectivity index (χ0) is 45.4. The summed E-state index contributed by atoms with van der Waals surface area (Å²) in [6, 6.07) is 20.7. The van der Waals surface area contributed by atoms with Gasteiger partial charge in [0.1, 0.15) is 24.2 Å². The highest BCUT2D eigenvalue weighted by Gasteiger charge is 2.43. The van der Waals surface area contributed by atoms with Crippen molar-refractivity contribution in [3.8, 4) is 16.2 Å². The van der Waals surface area contributed by atoms with E-state index in [1.807, 2.05) is 94.7 Å². The van der Waals surface area contributed by atoms with E-state index < -0.39 is 23.6 Å². The average Bonchev–Trinajstić information content (AvgIpc) is 3.91. The summed E-state index contributed by atoms with van der Waals surface area (Å²) in [4.78, 5) is 52.0. The number of likely N-dealkylation sites (tertiary alicyclic amines) is 1. The molecule has 0 unspecified atom stereocenters. The Kier molecular flexibility index (Phi) is 15.4. The molecule has 3 heterocycles. The maximum absolute atomic E-state index is 14.0. The number of rotatable bonds is 17. The van der Waals surface area contributed by atoms with Gasteiger partial charge in [-0.15, -0.1) is 11.3 Å². The number of nitrogens with one attached hydrogen (secondary N) is 3. The van der Waals surface area contributed by atoms with Crippen LogP contribution in [0.5, 0.6) is 5.75 Å². The molecular formula is C50H61FN6O6S. The molecule has 1 saturated carbocycles. The molecule has 12 nitrogen and oxygen atoms in total. The standard InChI is InChI=1S/C50H61FN6O6S/c1-31(34-10-12-35(13-11-34)41-20-21-52-43-19-14-37(51)26-42(41)43)47(59)56-38-15-17-40(18-16-38)63-25-24-62-23-22-53-46(50(3,4)5)49(61)57-29-39(58)27-44(57)48(60)54-28-33-6-8-36(9-7-33)45-32(2)55-30-64-45/h6-9,14-21,26,30-31,34-35,39,44,46,53,58H,10-13,22-25,27-29H2,1-5H3,(H,54,60)(H,56,59)/t31-,34?,35?,39-,44+,46-/m1/s1. The zero-order valence-electron chi connectivity index (χ0n) is 37.4. The fourth-order valence-electron chi connectivity index (χ4n) is 9.02. The second-order valence-corrected chi connectivity index (χ2v) is 19.1. The maximum Gasteiger partial charge on any atom is 0.243 e. The maximum atomic E-state index is 14.0. The number of nitrogens with zero attached hydrogens (tertiary/aromatic N) is 3. The van der Waals surface area contributed by atoms with Crippen LogP contribution in [-0.2, 0) is 25.7 Å². The summed E-state index contributed by atoms with van der Waals surface area (Å²) in [6.07, 6.45) is 4.93. The number of aromatic nitrogens is 2. The van der Waals surface area contributed by atoms with E-state index in [9.17, 15) is 23.9 Å². The Morgan fingerprint density at radius 1 is 0.953 bits per heavy atom. The third-order valence-electron chi connectivity index (χ3n) is 12.7. The molecule has 3 amide bonds. The number of ether oxygens (including phenoxy) is 2. The van der Waals surface area contributed by atoms with Crippen molar-refractivity contribution in [1.82, 2.24) is 25.5 Å². The van der Waals surface area contributed by atoms with Crippen LogP contribution in [0.4, 0.5) is 10.1 Å². The van der Waals surface area contributed by atoms with Crippen molar-refractivity contribution < 1.29 is 33.4 Å². The van der Waals surface area contributed by atoms with Crippen molar-refractivity contribution >= 4 is 45.6 Å². The monoisotopic (exact) mass is 892 g/mol. The summed E-state index contributed by atoms with van der Waals surface area (Å²) < 4.78 is 25.8. The van der Waals surface area contributed by atoms with E-state index in [-0.39, 0.29) is 48.3 Å². The van der Waals surface area contributed by atoms with Crippen LogP contribution in [-0.4, -0.2) is 88.8 Å². The molecule has 340 valence electrons. The van der Waals surface area contributed by atoms with Crippen LogP contribution < -0.4 is 20.7 Å². The summed E-state index contributed by atoms with van der Waals surface area (Å²) in [6.45, 7) is 11.7. The summed E-state index contributed by atoms with van der Waals surface area (Å²) in [5.74, 6) is 0.298. The number of β-amino-alcohol motifs (C(OH)–C–C–N with tert-alkyl or cyclic N) is 1. The molecule has 64 heavy (non-hydrogen) atoms. The van der Waals surface area contributed by atoms with Crippen LogP contribution in [0.15, 0.2) is 84.5 Å². The number of amides is 3. The van der Waals surface area contributed by atoms with Crippen LogP contribution in [0.3, 0.4) is 0 Å². The highest BCUT2D eigenvalue weighted by Crippen LogP contribution is 2.41. The number of aliphatic hydroxyl groups excluding tert-OH is 1. The molecule has 2 aliphatic rings. The first-order valence-corrected chi connectivity index (χ1v) is 23.3. The molecule has 1 aliphatic carbocycles. The smallest absolute Gasteiger partial charge is 0.243 e. The fourth-order valence-corrected chi connectivity index (χ4v) is 9.83. The fraction of sp³-hybridized carbons (Fsp3) is 0.460. The van der Waals surface area contributed by atoms with E-state index in [1.54, 1.807) is 29.7 Å². The Hall–Kier alpha value is -5.28. The van der Waals surface area contributed by atoms with Crippen molar-refractivity contribution in [1.29, 1.82) is 0 Å². The number of carbonyl (C=O) groups excluding carboxylic acids is 3. The Morgan fingerprint density at radius 3 is 2.41 bits per heavy atom. The van der Waals surface area contributed by atoms with Gasteiger partial charge < -0.3 is 35.4 Å². The molecule has 0 radical (unpaired) electrons. The molecule has 0 spiro atoms. The van der Waals surface area contributed by atoms with Crippen molar-refractivity contribution in [3.63, 3.8) is 0 Å². The molecular weight excluding hydrogens is 832 g/mol. The summed E-state index contributed by atoms with van der Waals surface area (Å²) >= 11 is 1.59. The van der Waals surface area contributed by atoms with Crippen LogP contribution >= 0.6 is 11.3 Å². The minimum Gasteiger partial charge on any atom is -0.491 e. The molecule has 3 aromatic carbocycles. The van der Waals surface area contributed by atoms with Gasteiger partial charge in [0.25, 0.3) is 0 Å². The van der Waals surface area contributed by atoms with E-state index in [1.165, 1.54) is 11.0 Å². The van der Waals surface area contributed by atoms with Gasteiger partial charge >= 0.3 is 0 Å². The van der Waals surface area contributed by atoms with Crippen molar-refractivity contribution in [2.45, 2.75) is 97.4 Å². The number of fused-ring (bicyclic) bond motifs is 1. The molecule has 4 N–H and O–H groups in total. The van der Waals surface area contributed by atoms with E-state index in [2.05, 4.69) is 25.9 Å². The molecule has 0 bridgehead atoms. The number of thiazole rings is 1. The number of aryl methyl sites for hydroxylation is 1. The molecule has 1 aliphatic heterocycles. The Balaban J connectivity index is 0.800. The predicted octanol–water partition coefficient (Wildman–Crippen LogP) is 8.03. The highest BCUT2D eigenvalue weighted by atomic mass is 32.1. The average molecular weight is 893 g/mol. The first-order valence-electron chi connectivity index (χ1n) is 22.4. The number of benzene rings is 3. The van der Waals surface area contributed by atoms with Gasteiger partial charge in [0.2, 0.25) is 17.7 Å². The van der Waals surface area contributed by atoms with Crippen LogP contribution in [0, 0.1) is 30.0 Å². The second-order valence-electron chi connectivity index (χ2n) is 18.3. The SMILES string of the molecule is Cc1ncsc1-c1ccc(CNC(=O)[C@@H]2C[C@@H](O)CN2C(=O)[C@@H](NCCOCCOc2ccc(NC(=O)[C@H](C)C3CCC(c4ccnc5ccc(F)cc45)CC3)cc2)C(C)(C)C)cc1. The zero-order valence-corrected chi connectivity index (χ0v) is 38.3. The van der Waals surface area contributed by atoms with Gasteiger partial charge in [-0.25, -0.2) is 9.37 Å². The van der Waals surface area contributed by atoms with Crippen molar-refractivity contribution in [2.24, 2.45) is 17.3 Å². The summed E-state index contributed by atoms with van der Waals surface area (Å²) in [5.41, 5.74) is 6.99. The van der Waals surface area contributed by atoms with E-state index in [4.69, 9.17) is 9.47 Å². The lowest BCUT2D eigenvalue weighted by atomic mass is 9.73. The molecule has 5 aromatic rings. The first kappa shape index (κ1) is 46.7. The second kappa shape index (κ2) is 21.1. The summed E-state index contributed by atoms with van der Waals surface area (Å²) in [5, 5.41) is 20.8. The predicted molar refractivity (Wildman–Crippen MR) is 248 cm³/mol. The molecule has 2 fully saturated rings. The van der Waals surface area contributed by atoms with Gasteiger partial charge in [0.05, 0.1) is 47.0 Å². The van der Waals surface area contributed by atoms with Crippen molar-refractivity contribution in [2.75, 3.05) is 38.2 Å². The minimum atomic E-state index is -0.790. The van der Waals surface area contributed by atoms with Gasteiger partial charge in [-0.05, 0) is 115 Å². The molecule has 14 heteroatoms. The first-order chi connectivity index (χ1) is 30.7. The van der Waals surface area contributed by atoms with Gasteiger partial charge in [0.15, 0.2) is 0 Å². The number of hydrogen-bond acceptors (Lipinski definition) is 10. The Bertz CT molecular complexity index is 2360. The molecule has 1 saturated heterocycles. The number of hydrogen-bond donors (Lipinski definition) is 4. The largest absolute Gasteiger partial charge is 0.491 e.